The average Bonchev–Trinajstić information content (AvgIpc) is 2.58. The van der Waals surface area contributed by atoms with Gasteiger partial charge in [0.2, 0.25) is 0 Å². The summed E-state index contributed by atoms with van der Waals surface area (Å²) < 4.78 is 5.03. The van der Waals surface area contributed by atoms with Gasteiger partial charge >= 0.3 is 5.97 Å². The average molecular weight is 200 g/mol. The molecule has 0 aliphatic carbocycles. The van der Waals surface area contributed by atoms with E-state index in [0.717, 1.165) is 16.3 Å². The number of fused-ring (bicyclic) bond motifs is 3. The van der Waals surface area contributed by atoms with E-state index in [4.69, 9.17) is 4.74 Å². The molecule has 0 spiro atoms. The molecule has 3 nitrogen and oxygen atoms in total. The smallest absolute Gasteiger partial charge is 0.315 e. The second-order valence-electron chi connectivity index (χ2n) is 3.60. The quantitative estimate of drug-likeness (QED) is 0.522. The number of rotatable bonds is 0. The molecule has 0 unspecified atom stereocenters. The summed E-state index contributed by atoms with van der Waals surface area (Å²) in [5.74, 6) is 0.578. The molecule has 0 amide bonds. The number of phenolic OH excluding ortho intramolecular Hbond substituents is 1. The Balaban J connectivity index is 2.38. The van der Waals surface area contributed by atoms with Gasteiger partial charge in [0, 0.05) is 5.56 Å². The van der Waals surface area contributed by atoms with E-state index in [2.05, 4.69) is 0 Å². The second-order valence-corrected chi connectivity index (χ2v) is 3.60. The minimum absolute atomic E-state index is 0.204. The zero-order valence-electron chi connectivity index (χ0n) is 7.86. The summed E-state index contributed by atoms with van der Waals surface area (Å²) in [5.41, 5.74) is 0.869. The topological polar surface area (TPSA) is 46.5 Å². The normalized spacial score (nSPS) is 14.0. The third kappa shape index (κ3) is 1.16. The lowest BCUT2D eigenvalue weighted by molar-refractivity contribution is -0.131. The number of ether oxygens (including phenoxy) is 1. The van der Waals surface area contributed by atoms with E-state index in [1.807, 2.05) is 12.1 Å². The van der Waals surface area contributed by atoms with Crippen LogP contribution in [0.3, 0.4) is 0 Å². The first kappa shape index (κ1) is 8.29. The summed E-state index contributed by atoms with van der Waals surface area (Å²) in [6.07, 6.45) is 0.288. The monoisotopic (exact) mass is 200 g/mol. The molecule has 1 heterocycles. The van der Waals surface area contributed by atoms with Crippen LogP contribution in [0.15, 0.2) is 30.3 Å². The molecule has 2 aromatic carbocycles. The molecule has 15 heavy (non-hydrogen) atoms. The van der Waals surface area contributed by atoms with E-state index in [9.17, 15) is 9.90 Å². The van der Waals surface area contributed by atoms with Gasteiger partial charge in [-0.05, 0) is 29.0 Å². The summed E-state index contributed by atoms with van der Waals surface area (Å²) in [6, 6.07) is 8.79. The van der Waals surface area contributed by atoms with Crippen LogP contribution in [0.2, 0.25) is 0 Å². The Bertz CT molecular complexity index is 572. The van der Waals surface area contributed by atoms with E-state index in [1.165, 1.54) is 0 Å². The Hall–Kier alpha value is -2.03. The van der Waals surface area contributed by atoms with Gasteiger partial charge in [0.25, 0.3) is 0 Å². The van der Waals surface area contributed by atoms with Crippen molar-refractivity contribution in [2.75, 3.05) is 0 Å². The van der Waals surface area contributed by atoms with Gasteiger partial charge in [0.05, 0.1) is 6.42 Å². The Labute approximate surface area is 85.9 Å². The lowest BCUT2D eigenvalue weighted by Gasteiger charge is -2.03. The Morgan fingerprint density at radius 3 is 2.87 bits per heavy atom. The highest BCUT2D eigenvalue weighted by atomic mass is 16.5. The highest BCUT2D eigenvalue weighted by Crippen LogP contribution is 2.34. The number of esters is 1. The maximum absolute atomic E-state index is 11.1. The molecule has 0 atom stereocenters. The summed E-state index contributed by atoms with van der Waals surface area (Å²) in [5, 5.41) is 11.3. The Kier molecular flexibility index (Phi) is 1.51. The van der Waals surface area contributed by atoms with Crippen LogP contribution >= 0.6 is 0 Å². The molecular weight excluding hydrogens is 192 g/mol. The molecule has 74 valence electrons. The predicted octanol–water partition coefficient (Wildman–Crippen LogP) is 2.01. The Morgan fingerprint density at radius 1 is 1.20 bits per heavy atom. The van der Waals surface area contributed by atoms with Gasteiger partial charge in [-0.2, -0.15) is 0 Å². The van der Waals surface area contributed by atoms with Gasteiger partial charge in [0.15, 0.2) is 0 Å². The summed E-state index contributed by atoms with van der Waals surface area (Å²) in [7, 11) is 0. The van der Waals surface area contributed by atoms with Crippen LogP contribution < -0.4 is 4.74 Å². The van der Waals surface area contributed by atoms with Gasteiger partial charge < -0.3 is 9.84 Å². The Morgan fingerprint density at radius 2 is 2.00 bits per heavy atom. The van der Waals surface area contributed by atoms with Crippen LogP contribution in [0.25, 0.3) is 10.8 Å². The lowest BCUT2D eigenvalue weighted by atomic mass is 10.0. The number of phenols is 1. The first-order chi connectivity index (χ1) is 7.24. The van der Waals surface area contributed by atoms with Gasteiger partial charge in [-0.3, -0.25) is 4.79 Å². The van der Waals surface area contributed by atoms with Crippen LogP contribution in [-0.2, 0) is 11.2 Å². The first-order valence-electron chi connectivity index (χ1n) is 4.69. The van der Waals surface area contributed by atoms with Crippen LogP contribution in [0, 0.1) is 0 Å². The maximum Gasteiger partial charge on any atom is 0.315 e. The number of aromatic hydroxyl groups is 1. The zero-order valence-corrected chi connectivity index (χ0v) is 7.86. The number of hydrogen-bond acceptors (Lipinski definition) is 3. The van der Waals surface area contributed by atoms with Crippen molar-refractivity contribution in [1.29, 1.82) is 0 Å². The van der Waals surface area contributed by atoms with Gasteiger partial charge in [0.1, 0.15) is 11.5 Å². The minimum atomic E-state index is -0.235. The summed E-state index contributed by atoms with van der Waals surface area (Å²) >= 11 is 0. The summed E-state index contributed by atoms with van der Waals surface area (Å²) in [4.78, 5) is 11.1. The molecular formula is C12H8O3. The fourth-order valence-electron chi connectivity index (χ4n) is 1.93. The van der Waals surface area contributed by atoms with Gasteiger partial charge in [-0.25, -0.2) is 0 Å². The lowest BCUT2D eigenvalue weighted by Crippen LogP contribution is -2.00. The van der Waals surface area contributed by atoms with Crippen molar-refractivity contribution in [3.05, 3.63) is 35.9 Å². The molecule has 0 saturated carbocycles. The van der Waals surface area contributed by atoms with E-state index >= 15 is 0 Å². The number of carbonyl (C=O) groups excluding carboxylic acids is 1. The number of hydrogen-bond donors (Lipinski definition) is 1. The zero-order chi connectivity index (χ0) is 10.4. The van der Waals surface area contributed by atoms with Gasteiger partial charge in [-0.15, -0.1) is 0 Å². The fraction of sp³-hybridized carbons (Fsp3) is 0.0833. The maximum atomic E-state index is 11.1. The summed E-state index contributed by atoms with van der Waals surface area (Å²) in [6.45, 7) is 0. The third-order valence-corrected chi connectivity index (χ3v) is 2.62. The number of carbonyl (C=O) groups is 1. The molecule has 3 heteroatoms. The molecule has 0 radical (unpaired) electrons. The van der Waals surface area contributed by atoms with Crippen molar-refractivity contribution < 1.29 is 14.6 Å². The van der Waals surface area contributed by atoms with Crippen molar-refractivity contribution in [2.24, 2.45) is 0 Å². The highest BCUT2D eigenvalue weighted by Gasteiger charge is 2.22. The minimum Gasteiger partial charge on any atom is -0.508 e. The molecule has 1 aliphatic rings. The van der Waals surface area contributed by atoms with Crippen molar-refractivity contribution in [3.8, 4) is 11.5 Å². The van der Waals surface area contributed by atoms with Crippen molar-refractivity contribution in [3.63, 3.8) is 0 Å². The molecule has 0 fully saturated rings. The molecule has 0 bridgehead atoms. The molecule has 2 aromatic rings. The van der Waals surface area contributed by atoms with E-state index in [1.54, 1.807) is 18.2 Å². The van der Waals surface area contributed by atoms with Crippen molar-refractivity contribution >= 4 is 16.7 Å². The van der Waals surface area contributed by atoms with Crippen LogP contribution in [0.4, 0.5) is 0 Å². The third-order valence-electron chi connectivity index (χ3n) is 2.62. The largest absolute Gasteiger partial charge is 0.508 e. The standard InChI is InChI=1S/C12H8O3/c13-8-3-1-7-2-4-11-10(9(7)5-8)6-12(14)15-11/h1-5,13H,6H2. The van der Waals surface area contributed by atoms with Crippen molar-refractivity contribution in [1.82, 2.24) is 0 Å². The molecule has 1 aliphatic heterocycles. The SMILES string of the molecule is O=C1Cc2c(ccc3ccc(O)cc23)O1. The van der Waals surface area contributed by atoms with E-state index in [0.29, 0.717) is 5.75 Å². The van der Waals surface area contributed by atoms with Crippen molar-refractivity contribution in [2.45, 2.75) is 6.42 Å². The van der Waals surface area contributed by atoms with Crippen LogP contribution in [0.5, 0.6) is 11.5 Å². The molecule has 0 aromatic heterocycles. The predicted molar refractivity (Wildman–Crippen MR) is 55.0 cm³/mol. The van der Waals surface area contributed by atoms with Crippen LogP contribution in [-0.4, -0.2) is 11.1 Å². The molecule has 1 N–H and O–H groups in total. The first-order valence-corrected chi connectivity index (χ1v) is 4.69. The molecule has 0 saturated heterocycles. The van der Waals surface area contributed by atoms with Crippen LogP contribution in [0.1, 0.15) is 5.56 Å². The number of benzene rings is 2. The van der Waals surface area contributed by atoms with E-state index < -0.39 is 0 Å². The van der Waals surface area contributed by atoms with E-state index in [-0.39, 0.29) is 18.1 Å². The van der Waals surface area contributed by atoms with Gasteiger partial charge in [-0.1, -0.05) is 12.1 Å². The second kappa shape index (κ2) is 2.73. The molecule has 3 rings (SSSR count). The highest BCUT2D eigenvalue weighted by molar-refractivity contribution is 5.95. The fourth-order valence-corrected chi connectivity index (χ4v) is 1.93.